The Labute approximate surface area is 159 Å². The lowest BCUT2D eigenvalue weighted by molar-refractivity contribution is 0.101. The topological polar surface area (TPSA) is 113 Å². The largest absolute Gasteiger partial charge is 0.392 e. The van der Waals surface area contributed by atoms with E-state index in [-0.39, 0.29) is 10.6 Å². The number of fused-ring (bicyclic) bond motifs is 1. The number of nitrogens with one attached hydrogen (secondary N) is 2. The molecule has 0 spiro atoms. The quantitative estimate of drug-likeness (QED) is 0.621. The number of aromatic nitrogens is 2. The summed E-state index contributed by atoms with van der Waals surface area (Å²) in [5, 5.41) is 12.5. The number of aliphatic hydroxyl groups is 1. The molecule has 3 N–H and O–H groups in total. The Hall–Kier alpha value is -1.75. The summed E-state index contributed by atoms with van der Waals surface area (Å²) >= 11 is 3.24. The number of pyridine rings is 1. The number of carbonyl (C=O) groups excluding carboxylic acids is 1. The van der Waals surface area contributed by atoms with Crippen LogP contribution in [0.2, 0.25) is 0 Å². The van der Waals surface area contributed by atoms with Crippen molar-refractivity contribution in [1.29, 1.82) is 0 Å². The van der Waals surface area contributed by atoms with Gasteiger partial charge in [0, 0.05) is 36.7 Å². The molecular weight excluding hydrogens is 424 g/mol. The van der Waals surface area contributed by atoms with Gasteiger partial charge in [0.2, 0.25) is 10.0 Å². The number of halogens is 1. The Bertz CT molecular complexity index is 955. The second-order valence-corrected chi connectivity index (χ2v) is 8.75. The van der Waals surface area contributed by atoms with E-state index in [0.717, 1.165) is 0 Å². The molecule has 0 bridgehead atoms. The van der Waals surface area contributed by atoms with Crippen molar-refractivity contribution in [3.63, 3.8) is 0 Å². The van der Waals surface area contributed by atoms with Crippen LogP contribution in [-0.2, 0) is 23.5 Å². The smallest absolute Gasteiger partial charge is 0.272 e. The SMILES string of the molecule is C[C@H](O)[C@H]1CCc2c(cn(C)c2C(=O)Nc2ccnc(Br)c2)S(=O)(=O)N1. The summed E-state index contributed by atoms with van der Waals surface area (Å²) in [5.74, 6) is -0.405. The molecule has 0 aromatic carbocycles. The molecule has 0 fully saturated rings. The van der Waals surface area contributed by atoms with Gasteiger partial charge < -0.3 is 15.0 Å². The second-order valence-electron chi connectivity index (χ2n) is 6.26. The zero-order valence-electron chi connectivity index (χ0n) is 14.2. The number of sulfonamides is 1. The molecule has 8 nitrogen and oxygen atoms in total. The predicted molar refractivity (Wildman–Crippen MR) is 99.4 cm³/mol. The first kappa shape index (κ1) is 19.0. The maximum atomic E-state index is 12.8. The molecule has 3 rings (SSSR count). The van der Waals surface area contributed by atoms with Gasteiger partial charge in [0.15, 0.2) is 0 Å². The minimum absolute atomic E-state index is 0.0733. The summed E-state index contributed by atoms with van der Waals surface area (Å²) in [6, 6.07) is 2.71. The van der Waals surface area contributed by atoms with Gasteiger partial charge >= 0.3 is 0 Å². The summed E-state index contributed by atoms with van der Waals surface area (Å²) in [5.41, 5.74) is 1.28. The lowest BCUT2D eigenvalue weighted by Gasteiger charge is -2.18. The molecule has 2 aromatic rings. The van der Waals surface area contributed by atoms with Crippen LogP contribution in [0.4, 0.5) is 5.69 Å². The Balaban J connectivity index is 1.98. The molecule has 0 saturated heterocycles. The van der Waals surface area contributed by atoms with Crippen molar-refractivity contribution in [2.24, 2.45) is 7.05 Å². The monoisotopic (exact) mass is 442 g/mol. The number of aryl methyl sites for hydroxylation is 1. The molecule has 1 aliphatic rings. The van der Waals surface area contributed by atoms with Gasteiger partial charge in [0.25, 0.3) is 5.91 Å². The Morgan fingerprint density at radius 2 is 2.27 bits per heavy atom. The van der Waals surface area contributed by atoms with Crippen LogP contribution in [0.1, 0.15) is 29.4 Å². The van der Waals surface area contributed by atoms with Gasteiger partial charge in [-0.25, -0.2) is 18.1 Å². The lowest BCUT2D eigenvalue weighted by Crippen LogP contribution is -2.40. The van der Waals surface area contributed by atoms with Crippen molar-refractivity contribution in [3.05, 3.63) is 40.4 Å². The van der Waals surface area contributed by atoms with Gasteiger partial charge in [0.1, 0.15) is 15.2 Å². The molecule has 3 heterocycles. The summed E-state index contributed by atoms with van der Waals surface area (Å²) in [7, 11) is -2.18. The Kier molecular flexibility index (Phi) is 5.20. The van der Waals surface area contributed by atoms with Crippen molar-refractivity contribution >= 4 is 37.5 Å². The van der Waals surface area contributed by atoms with E-state index >= 15 is 0 Å². The maximum absolute atomic E-state index is 12.8. The highest BCUT2D eigenvalue weighted by atomic mass is 79.9. The third-order valence-corrected chi connectivity index (χ3v) is 6.31. The minimum atomic E-state index is -3.82. The second kappa shape index (κ2) is 7.10. The third kappa shape index (κ3) is 3.68. The normalized spacial score (nSPS) is 20.1. The third-order valence-electron chi connectivity index (χ3n) is 4.33. The van der Waals surface area contributed by atoms with E-state index < -0.39 is 28.1 Å². The van der Waals surface area contributed by atoms with Crippen LogP contribution < -0.4 is 10.0 Å². The van der Waals surface area contributed by atoms with Crippen molar-refractivity contribution < 1.29 is 18.3 Å². The predicted octanol–water partition coefficient (Wildman–Crippen LogP) is 1.41. The van der Waals surface area contributed by atoms with Crippen LogP contribution in [0.3, 0.4) is 0 Å². The number of rotatable bonds is 3. The van der Waals surface area contributed by atoms with Gasteiger partial charge in [-0.15, -0.1) is 0 Å². The molecule has 1 aliphatic heterocycles. The fraction of sp³-hybridized carbons (Fsp3) is 0.375. The molecule has 1 amide bonds. The molecule has 140 valence electrons. The van der Waals surface area contributed by atoms with Crippen molar-refractivity contribution in [3.8, 4) is 0 Å². The molecule has 0 radical (unpaired) electrons. The van der Waals surface area contributed by atoms with Crippen LogP contribution in [-0.4, -0.2) is 41.1 Å². The van der Waals surface area contributed by atoms with E-state index in [9.17, 15) is 18.3 Å². The maximum Gasteiger partial charge on any atom is 0.272 e. The van der Waals surface area contributed by atoms with Crippen LogP contribution in [0.5, 0.6) is 0 Å². The lowest BCUT2D eigenvalue weighted by atomic mass is 10.0. The summed E-state index contributed by atoms with van der Waals surface area (Å²) in [6.07, 6.45) is 2.91. The van der Waals surface area contributed by atoms with E-state index in [0.29, 0.717) is 28.7 Å². The zero-order valence-corrected chi connectivity index (χ0v) is 16.6. The van der Waals surface area contributed by atoms with E-state index in [1.165, 1.54) is 17.7 Å². The van der Waals surface area contributed by atoms with Gasteiger partial charge in [-0.2, -0.15) is 0 Å². The molecular formula is C16H19BrN4O4S. The molecule has 0 unspecified atom stereocenters. The van der Waals surface area contributed by atoms with E-state index in [2.05, 4.69) is 31.0 Å². The zero-order chi connectivity index (χ0) is 19.1. The van der Waals surface area contributed by atoms with Crippen LogP contribution >= 0.6 is 15.9 Å². The average molecular weight is 443 g/mol. The number of amides is 1. The van der Waals surface area contributed by atoms with E-state index in [4.69, 9.17) is 0 Å². The summed E-state index contributed by atoms with van der Waals surface area (Å²) in [4.78, 5) is 16.9. The number of hydrogen-bond donors (Lipinski definition) is 3. The van der Waals surface area contributed by atoms with Crippen molar-refractivity contribution in [2.45, 2.75) is 36.8 Å². The first-order chi connectivity index (χ1) is 12.2. The Morgan fingerprint density at radius 3 is 2.92 bits per heavy atom. The van der Waals surface area contributed by atoms with E-state index in [1.54, 1.807) is 25.4 Å². The molecule has 2 aromatic heterocycles. The number of aliphatic hydroxyl groups excluding tert-OH is 1. The minimum Gasteiger partial charge on any atom is -0.392 e. The Morgan fingerprint density at radius 1 is 1.54 bits per heavy atom. The summed E-state index contributed by atoms with van der Waals surface area (Å²) < 4.78 is 29.8. The van der Waals surface area contributed by atoms with Gasteiger partial charge in [-0.1, -0.05) is 0 Å². The van der Waals surface area contributed by atoms with Crippen molar-refractivity contribution in [2.75, 3.05) is 5.32 Å². The molecule has 10 heteroatoms. The van der Waals surface area contributed by atoms with Crippen LogP contribution in [0.25, 0.3) is 0 Å². The van der Waals surface area contributed by atoms with Crippen LogP contribution in [0, 0.1) is 0 Å². The van der Waals surface area contributed by atoms with Gasteiger partial charge in [-0.3, -0.25) is 4.79 Å². The number of anilines is 1. The van der Waals surface area contributed by atoms with E-state index in [1.807, 2.05) is 0 Å². The standard InChI is InChI=1S/C16H19BrN4O4S/c1-9(22)12-4-3-11-13(26(24,25)20-12)8-21(2)15(11)16(23)19-10-5-6-18-14(17)7-10/h5-9,12,20,22H,3-4H2,1-2H3,(H,18,19,23)/t9-,12+/m0/s1. The molecule has 2 atom stereocenters. The van der Waals surface area contributed by atoms with Crippen LogP contribution in [0.15, 0.2) is 34.0 Å². The average Bonchev–Trinajstić information content (AvgIpc) is 2.82. The molecule has 26 heavy (non-hydrogen) atoms. The number of hydrogen-bond acceptors (Lipinski definition) is 5. The number of carbonyl (C=O) groups is 1. The number of nitrogens with zero attached hydrogens (tertiary/aromatic N) is 2. The highest BCUT2D eigenvalue weighted by Crippen LogP contribution is 2.28. The van der Waals surface area contributed by atoms with Gasteiger partial charge in [0.05, 0.1) is 6.10 Å². The van der Waals surface area contributed by atoms with Gasteiger partial charge in [-0.05, 0) is 47.8 Å². The fourth-order valence-electron chi connectivity index (χ4n) is 3.05. The highest BCUT2D eigenvalue weighted by Gasteiger charge is 2.34. The van der Waals surface area contributed by atoms with Crippen molar-refractivity contribution in [1.82, 2.24) is 14.3 Å². The highest BCUT2D eigenvalue weighted by molar-refractivity contribution is 9.10. The first-order valence-electron chi connectivity index (χ1n) is 8.00. The molecule has 0 aliphatic carbocycles. The fourth-order valence-corrected chi connectivity index (χ4v) is 5.08. The molecule has 0 saturated carbocycles. The first-order valence-corrected chi connectivity index (χ1v) is 10.3. The summed E-state index contributed by atoms with van der Waals surface area (Å²) in [6.45, 7) is 1.54.